The molecule has 0 radical (unpaired) electrons. The van der Waals surface area contributed by atoms with Crippen LogP contribution >= 0.6 is 0 Å². The van der Waals surface area contributed by atoms with Gasteiger partial charge in [-0.25, -0.2) is 4.79 Å². The number of nitriles is 1. The first-order valence-electron chi connectivity index (χ1n) is 8.70. The molecule has 2 aromatic rings. The largest absolute Gasteiger partial charge is 0.468 e. The summed E-state index contributed by atoms with van der Waals surface area (Å²) in [6, 6.07) is 21.9. The van der Waals surface area contributed by atoms with E-state index < -0.39 is 11.4 Å². The van der Waals surface area contributed by atoms with Crippen molar-refractivity contribution in [2.45, 2.75) is 19.3 Å². The van der Waals surface area contributed by atoms with Crippen LogP contribution in [0.5, 0.6) is 0 Å². The van der Waals surface area contributed by atoms with Crippen LogP contribution in [0.3, 0.4) is 0 Å². The second-order valence-electron chi connectivity index (χ2n) is 6.06. The van der Waals surface area contributed by atoms with Crippen molar-refractivity contribution in [3.8, 4) is 6.07 Å². The monoisotopic (exact) mass is 348 g/mol. The third-order valence-electron chi connectivity index (χ3n) is 4.20. The van der Waals surface area contributed by atoms with Gasteiger partial charge in [-0.2, -0.15) is 5.26 Å². The van der Waals surface area contributed by atoms with Gasteiger partial charge in [-0.15, -0.1) is 0 Å². The second kappa shape index (κ2) is 10.0. The lowest BCUT2D eigenvalue weighted by molar-refractivity contribution is -0.147. The summed E-state index contributed by atoms with van der Waals surface area (Å²) in [5, 5.41) is 13.0. The van der Waals surface area contributed by atoms with Gasteiger partial charge in [0.25, 0.3) is 0 Å². The van der Waals surface area contributed by atoms with E-state index in [1.807, 2.05) is 66.7 Å². The number of carbonyl (C=O) groups excluding carboxylic acids is 1. The zero-order chi connectivity index (χ0) is 18.7. The third kappa shape index (κ3) is 5.49. The maximum atomic E-state index is 12.3. The highest BCUT2D eigenvalue weighted by Gasteiger charge is 2.36. The topological polar surface area (TPSA) is 62.1 Å². The quantitative estimate of drug-likeness (QED) is 0.415. The molecule has 4 nitrogen and oxygen atoms in total. The predicted molar refractivity (Wildman–Crippen MR) is 104 cm³/mol. The summed E-state index contributed by atoms with van der Waals surface area (Å²) < 4.78 is 4.89. The van der Waals surface area contributed by atoms with E-state index >= 15 is 0 Å². The minimum absolute atomic E-state index is 0.404. The zero-order valence-corrected chi connectivity index (χ0v) is 15.0. The van der Waals surface area contributed by atoms with Crippen LogP contribution in [0.25, 0.3) is 0 Å². The summed E-state index contributed by atoms with van der Waals surface area (Å²) in [5.74, 6) is -0.510. The smallest absolute Gasteiger partial charge is 0.330 e. The van der Waals surface area contributed by atoms with Crippen molar-refractivity contribution in [2.24, 2.45) is 5.41 Å². The highest BCUT2D eigenvalue weighted by molar-refractivity contribution is 5.82. The molecule has 0 amide bonds. The van der Waals surface area contributed by atoms with Crippen LogP contribution in [0, 0.1) is 16.7 Å². The van der Waals surface area contributed by atoms with Gasteiger partial charge in [0.15, 0.2) is 5.41 Å². The van der Waals surface area contributed by atoms with E-state index in [1.165, 1.54) is 7.11 Å². The van der Waals surface area contributed by atoms with Crippen molar-refractivity contribution >= 4 is 11.7 Å². The molecule has 4 heteroatoms. The zero-order valence-electron chi connectivity index (χ0n) is 15.0. The molecule has 0 aliphatic heterocycles. The summed E-state index contributed by atoms with van der Waals surface area (Å²) in [6.07, 6.45) is 5.31. The maximum Gasteiger partial charge on any atom is 0.330 e. The molecular weight excluding hydrogens is 324 g/mol. The van der Waals surface area contributed by atoms with Crippen molar-refractivity contribution in [3.05, 3.63) is 78.4 Å². The molecule has 0 saturated carbocycles. The summed E-state index contributed by atoms with van der Waals surface area (Å²) in [7, 11) is 1.32. The van der Waals surface area contributed by atoms with E-state index in [4.69, 9.17) is 4.74 Å². The maximum absolute atomic E-state index is 12.3. The Kier molecular flexibility index (Phi) is 7.45. The van der Waals surface area contributed by atoms with Gasteiger partial charge in [0.05, 0.1) is 13.2 Å². The number of methoxy groups -OCH3 is 1. The fourth-order valence-electron chi connectivity index (χ4n) is 2.74. The summed E-state index contributed by atoms with van der Waals surface area (Å²) in [6.45, 7) is 0.678. The van der Waals surface area contributed by atoms with E-state index in [0.29, 0.717) is 25.8 Å². The van der Waals surface area contributed by atoms with E-state index in [1.54, 1.807) is 6.08 Å². The molecule has 0 heterocycles. The molecule has 1 N–H and O–H groups in total. The number of carbonyl (C=O) groups is 1. The second-order valence-corrected chi connectivity index (χ2v) is 6.06. The van der Waals surface area contributed by atoms with Gasteiger partial charge in [-0.1, -0.05) is 60.7 Å². The van der Waals surface area contributed by atoms with Crippen LogP contribution in [0.15, 0.2) is 72.8 Å². The van der Waals surface area contributed by atoms with Gasteiger partial charge < -0.3 is 10.1 Å². The molecule has 0 spiro atoms. The number of rotatable bonds is 9. The molecule has 0 aromatic heterocycles. The number of allylic oxidation sites excluding steroid dienone is 1. The molecule has 0 fully saturated rings. The van der Waals surface area contributed by atoms with Crippen LogP contribution in [0.1, 0.15) is 18.4 Å². The average molecular weight is 348 g/mol. The Morgan fingerprint density at radius 1 is 1.15 bits per heavy atom. The molecule has 2 rings (SSSR count). The normalized spacial score (nSPS) is 12.9. The number of hydrogen-bond donors (Lipinski definition) is 1. The molecule has 0 aliphatic rings. The number of benzene rings is 2. The van der Waals surface area contributed by atoms with Gasteiger partial charge in [0.2, 0.25) is 0 Å². The van der Waals surface area contributed by atoms with Crippen LogP contribution in [0.2, 0.25) is 0 Å². The number of para-hydroxylation sites is 1. The van der Waals surface area contributed by atoms with Crippen LogP contribution in [-0.2, 0) is 16.0 Å². The van der Waals surface area contributed by atoms with Crippen molar-refractivity contribution in [3.63, 3.8) is 0 Å². The molecule has 0 saturated heterocycles. The van der Waals surface area contributed by atoms with Crippen molar-refractivity contribution in [2.75, 3.05) is 19.0 Å². The first kappa shape index (κ1) is 19.3. The minimum Gasteiger partial charge on any atom is -0.468 e. The first-order chi connectivity index (χ1) is 12.7. The van der Waals surface area contributed by atoms with Crippen LogP contribution < -0.4 is 5.32 Å². The van der Waals surface area contributed by atoms with E-state index in [0.717, 1.165) is 11.3 Å². The number of esters is 1. The first-order valence-corrected chi connectivity index (χ1v) is 8.70. The number of hydrogen-bond acceptors (Lipinski definition) is 4. The Bertz CT molecular complexity index is 751. The van der Waals surface area contributed by atoms with Crippen LogP contribution in [-0.4, -0.2) is 19.6 Å². The highest BCUT2D eigenvalue weighted by atomic mass is 16.5. The van der Waals surface area contributed by atoms with Crippen molar-refractivity contribution in [1.29, 1.82) is 5.26 Å². The fraction of sp³-hybridized carbons (Fsp3) is 0.273. The molecule has 134 valence electrons. The Morgan fingerprint density at radius 2 is 1.81 bits per heavy atom. The predicted octanol–water partition coefficient (Wildman–Crippen LogP) is 4.36. The highest BCUT2D eigenvalue weighted by Crippen LogP contribution is 2.27. The van der Waals surface area contributed by atoms with E-state index in [2.05, 4.69) is 11.4 Å². The Labute approximate surface area is 155 Å². The lowest BCUT2D eigenvalue weighted by atomic mass is 9.84. The Hall–Kier alpha value is -3.06. The minimum atomic E-state index is -1.25. The SMILES string of the molecule is COC(=O)C(C#N)(/C=C/Cc1ccccc1)CCCNc1ccccc1. The van der Waals surface area contributed by atoms with Gasteiger partial charge >= 0.3 is 5.97 Å². The molecule has 1 atom stereocenters. The number of nitrogens with one attached hydrogen (secondary N) is 1. The molecule has 0 bridgehead atoms. The van der Waals surface area contributed by atoms with Crippen molar-refractivity contribution < 1.29 is 9.53 Å². The Balaban J connectivity index is 1.97. The fourth-order valence-corrected chi connectivity index (χ4v) is 2.74. The van der Waals surface area contributed by atoms with Gasteiger partial charge in [0, 0.05) is 12.2 Å². The average Bonchev–Trinajstić information content (AvgIpc) is 2.71. The summed E-state index contributed by atoms with van der Waals surface area (Å²) in [4.78, 5) is 12.3. The molecule has 1 unspecified atom stereocenters. The summed E-state index contributed by atoms with van der Waals surface area (Å²) in [5.41, 5.74) is 0.904. The summed E-state index contributed by atoms with van der Waals surface area (Å²) >= 11 is 0. The van der Waals surface area contributed by atoms with Crippen LogP contribution in [0.4, 0.5) is 5.69 Å². The third-order valence-corrected chi connectivity index (χ3v) is 4.20. The molecule has 0 aliphatic carbocycles. The van der Waals surface area contributed by atoms with E-state index in [9.17, 15) is 10.1 Å². The molecule has 26 heavy (non-hydrogen) atoms. The number of anilines is 1. The lowest BCUT2D eigenvalue weighted by Gasteiger charge is -2.20. The number of ether oxygens (including phenoxy) is 1. The molecular formula is C22H24N2O2. The van der Waals surface area contributed by atoms with Gasteiger partial charge in [-0.3, -0.25) is 0 Å². The van der Waals surface area contributed by atoms with E-state index in [-0.39, 0.29) is 0 Å². The molecule has 2 aromatic carbocycles. The lowest BCUT2D eigenvalue weighted by Crippen LogP contribution is -2.29. The Morgan fingerprint density at radius 3 is 2.42 bits per heavy atom. The van der Waals surface area contributed by atoms with Crippen molar-refractivity contribution in [1.82, 2.24) is 0 Å². The standard InChI is InChI=1S/C22H24N2O2/c1-26-21(25)22(18-23,15-8-12-19-10-4-2-5-11-19)16-9-17-24-20-13-6-3-7-14-20/h2-8,10-11,13-15,24H,9,12,16-17H2,1H3/b15-8+. The van der Waals surface area contributed by atoms with Gasteiger partial charge in [0.1, 0.15) is 0 Å². The van der Waals surface area contributed by atoms with Gasteiger partial charge in [-0.05, 0) is 37.0 Å². The number of nitrogens with zero attached hydrogens (tertiary/aromatic N) is 1.